The third kappa shape index (κ3) is 6.13. The number of urea groups is 1. The lowest BCUT2D eigenvalue weighted by atomic mass is 10.2. The molecule has 1 aromatic heterocycles. The maximum atomic E-state index is 12.7. The lowest BCUT2D eigenvalue weighted by Gasteiger charge is -2.10. The Labute approximate surface area is 152 Å². The Morgan fingerprint density at radius 1 is 1.22 bits per heavy atom. The number of esters is 1. The minimum Gasteiger partial charge on any atom is -0.460 e. The Hall–Kier alpha value is -3.37. The van der Waals surface area contributed by atoms with Crippen LogP contribution in [0.1, 0.15) is 16.1 Å². The molecule has 1 aromatic carbocycles. The van der Waals surface area contributed by atoms with E-state index in [1.165, 1.54) is 31.3 Å². The number of rotatable bonds is 6. The molecule has 0 aliphatic carbocycles. The molecule has 0 aliphatic heterocycles. The van der Waals surface area contributed by atoms with Crippen LogP contribution in [0.5, 0.6) is 0 Å². The van der Waals surface area contributed by atoms with Crippen LogP contribution in [0.4, 0.5) is 29.6 Å². The van der Waals surface area contributed by atoms with Crippen molar-refractivity contribution in [3.63, 3.8) is 0 Å². The number of carbonyl (C=O) groups excluding carboxylic acids is 2. The predicted molar refractivity (Wildman–Crippen MR) is 89.5 cm³/mol. The summed E-state index contributed by atoms with van der Waals surface area (Å²) >= 11 is 0. The maximum Gasteiger partial charge on any atom is 0.433 e. The number of nitrogens with one attached hydrogen (secondary N) is 3. The van der Waals surface area contributed by atoms with Gasteiger partial charge in [-0.3, -0.25) is 0 Å². The summed E-state index contributed by atoms with van der Waals surface area (Å²) in [6, 6.07) is 6.28. The summed E-state index contributed by atoms with van der Waals surface area (Å²) in [6.07, 6.45) is -3.61. The monoisotopic (exact) mass is 383 g/mol. The second-order valence-corrected chi connectivity index (χ2v) is 5.11. The van der Waals surface area contributed by atoms with Gasteiger partial charge < -0.3 is 20.7 Å². The predicted octanol–water partition coefficient (Wildman–Crippen LogP) is 2.32. The van der Waals surface area contributed by atoms with Gasteiger partial charge in [-0.25, -0.2) is 19.6 Å². The van der Waals surface area contributed by atoms with Gasteiger partial charge in [-0.15, -0.1) is 0 Å². The molecule has 2 amide bonds. The van der Waals surface area contributed by atoms with Gasteiger partial charge in [0.1, 0.15) is 12.3 Å². The van der Waals surface area contributed by atoms with Crippen LogP contribution in [0.25, 0.3) is 0 Å². The first-order valence-electron chi connectivity index (χ1n) is 7.69. The molecule has 0 saturated heterocycles. The molecule has 1 heterocycles. The summed E-state index contributed by atoms with van der Waals surface area (Å²) < 4.78 is 43.1. The zero-order valence-corrected chi connectivity index (χ0v) is 14.1. The number of nitrogens with zero attached hydrogens (tertiary/aromatic N) is 2. The molecule has 0 bridgehead atoms. The van der Waals surface area contributed by atoms with E-state index in [9.17, 15) is 22.8 Å². The lowest BCUT2D eigenvalue weighted by Crippen LogP contribution is -2.35. The van der Waals surface area contributed by atoms with Gasteiger partial charge in [0, 0.05) is 18.9 Å². The van der Waals surface area contributed by atoms with Crippen molar-refractivity contribution in [2.45, 2.75) is 6.18 Å². The van der Waals surface area contributed by atoms with Gasteiger partial charge in [0.25, 0.3) is 0 Å². The van der Waals surface area contributed by atoms with Crippen LogP contribution in [0, 0.1) is 0 Å². The van der Waals surface area contributed by atoms with Crippen LogP contribution in [-0.2, 0) is 10.9 Å². The highest BCUT2D eigenvalue weighted by atomic mass is 19.4. The fourth-order valence-electron chi connectivity index (χ4n) is 1.91. The van der Waals surface area contributed by atoms with Crippen molar-refractivity contribution in [3.8, 4) is 0 Å². The molecule has 0 fully saturated rings. The number of halogens is 3. The van der Waals surface area contributed by atoms with Crippen LogP contribution in [0.2, 0.25) is 0 Å². The SMILES string of the molecule is CNC(=O)NCCOC(=O)c1cccc(Nc2nccc(C(F)(F)F)n2)c1. The van der Waals surface area contributed by atoms with Crippen molar-refractivity contribution in [1.82, 2.24) is 20.6 Å². The Bertz CT molecular complexity index is 814. The summed E-state index contributed by atoms with van der Waals surface area (Å²) in [7, 11) is 1.45. The van der Waals surface area contributed by atoms with Crippen molar-refractivity contribution >= 4 is 23.6 Å². The van der Waals surface area contributed by atoms with Crippen LogP contribution in [0.3, 0.4) is 0 Å². The lowest BCUT2D eigenvalue weighted by molar-refractivity contribution is -0.141. The van der Waals surface area contributed by atoms with Crippen LogP contribution in [-0.4, -0.2) is 42.2 Å². The topological polar surface area (TPSA) is 105 Å². The van der Waals surface area contributed by atoms with E-state index in [2.05, 4.69) is 25.9 Å². The van der Waals surface area contributed by atoms with Crippen molar-refractivity contribution in [1.29, 1.82) is 0 Å². The van der Waals surface area contributed by atoms with E-state index in [-0.39, 0.29) is 24.7 Å². The third-order valence-corrected chi connectivity index (χ3v) is 3.15. The molecule has 0 atom stereocenters. The van der Waals surface area contributed by atoms with E-state index >= 15 is 0 Å². The van der Waals surface area contributed by atoms with Crippen LogP contribution < -0.4 is 16.0 Å². The van der Waals surface area contributed by atoms with Crippen LogP contribution >= 0.6 is 0 Å². The number of ether oxygens (including phenoxy) is 1. The average Bonchev–Trinajstić information content (AvgIpc) is 2.64. The van der Waals surface area contributed by atoms with Gasteiger partial charge in [0.05, 0.1) is 12.1 Å². The van der Waals surface area contributed by atoms with E-state index in [0.29, 0.717) is 5.69 Å². The Morgan fingerprint density at radius 2 is 2.00 bits per heavy atom. The summed E-state index contributed by atoms with van der Waals surface area (Å²) in [5.74, 6) is -0.910. The quantitative estimate of drug-likeness (QED) is 0.522. The van der Waals surface area contributed by atoms with Crippen molar-refractivity contribution in [3.05, 3.63) is 47.8 Å². The molecule has 2 aromatic rings. The minimum absolute atomic E-state index is 0.0410. The van der Waals surface area contributed by atoms with Gasteiger partial charge in [0.15, 0.2) is 0 Å². The number of hydrogen-bond acceptors (Lipinski definition) is 6. The molecule has 27 heavy (non-hydrogen) atoms. The maximum absolute atomic E-state index is 12.7. The fourth-order valence-corrected chi connectivity index (χ4v) is 1.91. The van der Waals surface area contributed by atoms with Gasteiger partial charge >= 0.3 is 18.2 Å². The Morgan fingerprint density at radius 3 is 2.70 bits per heavy atom. The first kappa shape index (κ1) is 19.9. The second-order valence-electron chi connectivity index (χ2n) is 5.11. The largest absolute Gasteiger partial charge is 0.460 e. The van der Waals surface area contributed by atoms with Gasteiger partial charge in [-0.2, -0.15) is 13.2 Å². The molecule has 0 unspecified atom stereocenters. The highest BCUT2D eigenvalue weighted by Gasteiger charge is 2.32. The standard InChI is InChI=1S/C16H16F3N5O3/c1-20-15(26)22-7-8-27-13(25)10-3-2-4-11(9-10)23-14-21-6-5-12(24-14)16(17,18)19/h2-6,9H,7-8H2,1H3,(H2,20,22,26)(H,21,23,24). The molecule has 0 radical (unpaired) electrons. The van der Waals surface area contributed by atoms with Gasteiger partial charge in [0.2, 0.25) is 5.95 Å². The van der Waals surface area contributed by atoms with E-state index < -0.39 is 23.9 Å². The first-order valence-corrected chi connectivity index (χ1v) is 7.69. The number of carbonyl (C=O) groups is 2. The molecule has 2 rings (SSSR count). The van der Waals surface area contributed by atoms with Crippen LogP contribution in [0.15, 0.2) is 36.5 Å². The number of anilines is 2. The zero-order valence-electron chi connectivity index (χ0n) is 14.1. The number of aromatic nitrogens is 2. The van der Waals surface area contributed by atoms with Crippen molar-refractivity contribution in [2.24, 2.45) is 0 Å². The number of hydrogen-bond donors (Lipinski definition) is 3. The Balaban J connectivity index is 1.99. The van der Waals surface area contributed by atoms with Crippen molar-refractivity contribution < 1.29 is 27.5 Å². The summed E-state index contributed by atoms with van der Waals surface area (Å²) in [6.45, 7) is 0.0854. The van der Waals surface area contributed by atoms with E-state index in [1.807, 2.05) is 0 Å². The molecule has 0 spiro atoms. The van der Waals surface area contributed by atoms with E-state index in [1.54, 1.807) is 0 Å². The van der Waals surface area contributed by atoms with E-state index in [4.69, 9.17) is 4.74 Å². The Kier molecular flexibility index (Phi) is 6.52. The number of benzene rings is 1. The molecule has 3 N–H and O–H groups in total. The number of alkyl halides is 3. The smallest absolute Gasteiger partial charge is 0.433 e. The summed E-state index contributed by atoms with van der Waals surface area (Å²) in [5.41, 5.74) is -0.599. The molecule has 8 nitrogen and oxygen atoms in total. The highest BCUT2D eigenvalue weighted by Crippen LogP contribution is 2.28. The average molecular weight is 383 g/mol. The minimum atomic E-state index is -4.59. The first-order chi connectivity index (χ1) is 12.8. The summed E-state index contributed by atoms with van der Waals surface area (Å²) in [4.78, 5) is 30.1. The molecule has 144 valence electrons. The summed E-state index contributed by atoms with van der Waals surface area (Å²) in [5, 5.41) is 7.41. The highest BCUT2D eigenvalue weighted by molar-refractivity contribution is 5.90. The van der Waals surface area contributed by atoms with Gasteiger partial charge in [-0.1, -0.05) is 6.07 Å². The van der Waals surface area contributed by atoms with Crippen molar-refractivity contribution in [2.75, 3.05) is 25.5 Å². The second kappa shape index (κ2) is 8.83. The zero-order chi connectivity index (χ0) is 19.9. The molecule has 0 aliphatic rings. The molecule has 0 saturated carbocycles. The third-order valence-electron chi connectivity index (χ3n) is 3.15. The molecule has 11 heteroatoms. The van der Waals surface area contributed by atoms with Gasteiger partial charge in [-0.05, 0) is 24.3 Å². The fraction of sp³-hybridized carbons (Fsp3) is 0.250. The van der Waals surface area contributed by atoms with E-state index in [0.717, 1.165) is 12.3 Å². The molecular weight excluding hydrogens is 367 g/mol. The normalized spacial score (nSPS) is 10.8. The molecular formula is C16H16F3N5O3. The number of amides is 2.